The highest BCUT2D eigenvalue weighted by Gasteiger charge is 2.27. The van der Waals surface area contributed by atoms with Crippen molar-refractivity contribution in [2.75, 3.05) is 13.1 Å². The number of para-hydroxylation sites is 1. The topological polar surface area (TPSA) is 92.6 Å². The van der Waals surface area contributed by atoms with Crippen molar-refractivity contribution in [1.29, 1.82) is 0 Å². The lowest BCUT2D eigenvalue weighted by molar-refractivity contribution is -0.385. The maximum atomic E-state index is 13.1. The summed E-state index contributed by atoms with van der Waals surface area (Å²) in [6.07, 6.45) is 2.30. The van der Waals surface area contributed by atoms with Crippen molar-refractivity contribution in [2.24, 2.45) is 0 Å². The SMILES string of the molecule is CCCCNC(=O)[C@@H](C)N(CCc1ccccc1)C(=O)Cc1ccccc1[N+](=O)[O-]. The first-order chi connectivity index (χ1) is 14.4. The van der Waals surface area contributed by atoms with Gasteiger partial charge < -0.3 is 10.2 Å². The van der Waals surface area contributed by atoms with Gasteiger partial charge in [0.25, 0.3) is 5.69 Å². The second kappa shape index (κ2) is 11.7. The van der Waals surface area contributed by atoms with E-state index in [1.165, 1.54) is 11.0 Å². The number of hydrogen-bond donors (Lipinski definition) is 1. The highest BCUT2D eigenvalue weighted by molar-refractivity contribution is 5.88. The maximum absolute atomic E-state index is 13.1. The second-order valence-electron chi connectivity index (χ2n) is 7.21. The van der Waals surface area contributed by atoms with Crippen LogP contribution in [0, 0.1) is 10.1 Å². The van der Waals surface area contributed by atoms with E-state index in [4.69, 9.17) is 0 Å². The van der Waals surface area contributed by atoms with Gasteiger partial charge in [0.15, 0.2) is 0 Å². The molecule has 2 amide bonds. The summed E-state index contributed by atoms with van der Waals surface area (Å²) in [4.78, 5) is 38.0. The largest absolute Gasteiger partial charge is 0.354 e. The second-order valence-corrected chi connectivity index (χ2v) is 7.21. The number of nitrogens with zero attached hydrogens (tertiary/aromatic N) is 2. The van der Waals surface area contributed by atoms with E-state index in [0.29, 0.717) is 25.1 Å². The van der Waals surface area contributed by atoms with Crippen LogP contribution in [0.4, 0.5) is 5.69 Å². The third-order valence-corrected chi connectivity index (χ3v) is 5.01. The van der Waals surface area contributed by atoms with E-state index in [9.17, 15) is 19.7 Å². The molecule has 0 aliphatic rings. The number of rotatable bonds is 11. The highest BCUT2D eigenvalue weighted by Crippen LogP contribution is 2.19. The third-order valence-electron chi connectivity index (χ3n) is 5.01. The minimum absolute atomic E-state index is 0.0890. The lowest BCUT2D eigenvalue weighted by Crippen LogP contribution is -2.49. The van der Waals surface area contributed by atoms with Gasteiger partial charge in [-0.25, -0.2) is 0 Å². The van der Waals surface area contributed by atoms with Gasteiger partial charge in [-0.2, -0.15) is 0 Å². The van der Waals surface area contributed by atoms with E-state index < -0.39 is 11.0 Å². The van der Waals surface area contributed by atoms with Crippen LogP contribution in [-0.4, -0.2) is 40.8 Å². The lowest BCUT2D eigenvalue weighted by Gasteiger charge is -2.29. The first kappa shape index (κ1) is 23.1. The minimum atomic E-state index is -0.666. The lowest BCUT2D eigenvalue weighted by atomic mass is 10.1. The van der Waals surface area contributed by atoms with Gasteiger partial charge in [-0.05, 0) is 25.3 Å². The van der Waals surface area contributed by atoms with Crippen LogP contribution < -0.4 is 5.32 Å². The number of hydrogen-bond acceptors (Lipinski definition) is 4. The van der Waals surface area contributed by atoms with Crippen LogP contribution >= 0.6 is 0 Å². The van der Waals surface area contributed by atoms with Gasteiger partial charge in [-0.1, -0.05) is 61.9 Å². The Morgan fingerprint density at radius 1 is 1.10 bits per heavy atom. The Morgan fingerprint density at radius 2 is 1.77 bits per heavy atom. The number of nitro groups is 1. The van der Waals surface area contributed by atoms with E-state index in [2.05, 4.69) is 5.32 Å². The summed E-state index contributed by atoms with van der Waals surface area (Å²) in [5, 5.41) is 14.2. The number of nitro benzene ring substituents is 1. The van der Waals surface area contributed by atoms with Gasteiger partial charge >= 0.3 is 0 Å². The normalized spacial score (nSPS) is 11.5. The molecule has 0 aliphatic heterocycles. The molecular formula is C23H29N3O4. The third kappa shape index (κ3) is 6.69. The Labute approximate surface area is 177 Å². The molecule has 0 bridgehead atoms. The van der Waals surface area contributed by atoms with Crippen molar-refractivity contribution >= 4 is 17.5 Å². The van der Waals surface area contributed by atoms with Crippen LogP contribution in [0.15, 0.2) is 54.6 Å². The smallest absolute Gasteiger partial charge is 0.273 e. The number of benzene rings is 2. The minimum Gasteiger partial charge on any atom is -0.354 e. The molecule has 0 fully saturated rings. The summed E-state index contributed by atoms with van der Waals surface area (Å²) in [5.41, 5.74) is 1.31. The molecule has 2 rings (SSSR count). The van der Waals surface area contributed by atoms with Crippen LogP contribution in [0.1, 0.15) is 37.8 Å². The molecule has 0 saturated carbocycles. The molecular weight excluding hydrogens is 382 g/mol. The fourth-order valence-electron chi connectivity index (χ4n) is 3.21. The van der Waals surface area contributed by atoms with Gasteiger partial charge in [0, 0.05) is 24.7 Å². The van der Waals surface area contributed by atoms with E-state index in [1.807, 2.05) is 37.3 Å². The molecule has 0 unspecified atom stereocenters. The van der Waals surface area contributed by atoms with Gasteiger partial charge in [0.1, 0.15) is 6.04 Å². The van der Waals surface area contributed by atoms with E-state index in [0.717, 1.165) is 18.4 Å². The quantitative estimate of drug-likeness (QED) is 0.348. The van der Waals surface area contributed by atoms with Gasteiger partial charge in [0.2, 0.25) is 11.8 Å². The summed E-state index contributed by atoms with van der Waals surface area (Å²) in [6, 6.07) is 15.3. The highest BCUT2D eigenvalue weighted by atomic mass is 16.6. The van der Waals surface area contributed by atoms with Crippen molar-refractivity contribution in [1.82, 2.24) is 10.2 Å². The number of carbonyl (C=O) groups is 2. The summed E-state index contributed by atoms with van der Waals surface area (Å²) in [7, 11) is 0. The fourth-order valence-corrected chi connectivity index (χ4v) is 3.21. The molecule has 0 spiro atoms. The van der Waals surface area contributed by atoms with Crippen molar-refractivity contribution in [3.63, 3.8) is 0 Å². The molecule has 0 saturated heterocycles. The molecule has 7 heteroatoms. The maximum Gasteiger partial charge on any atom is 0.273 e. The van der Waals surface area contributed by atoms with Crippen LogP contribution in [-0.2, 0) is 22.4 Å². The van der Waals surface area contributed by atoms with Gasteiger partial charge in [-0.3, -0.25) is 19.7 Å². The predicted octanol–water partition coefficient (Wildman–Crippen LogP) is 3.51. The van der Waals surface area contributed by atoms with E-state index >= 15 is 0 Å². The molecule has 0 radical (unpaired) electrons. The molecule has 0 aliphatic carbocycles. The molecule has 30 heavy (non-hydrogen) atoms. The van der Waals surface area contributed by atoms with E-state index in [1.54, 1.807) is 25.1 Å². The van der Waals surface area contributed by atoms with Crippen LogP contribution in [0.2, 0.25) is 0 Å². The van der Waals surface area contributed by atoms with Crippen molar-refractivity contribution in [3.8, 4) is 0 Å². The zero-order valence-electron chi connectivity index (χ0n) is 17.5. The van der Waals surface area contributed by atoms with Gasteiger partial charge in [0.05, 0.1) is 11.3 Å². The summed E-state index contributed by atoms with van der Waals surface area (Å²) < 4.78 is 0. The summed E-state index contributed by atoms with van der Waals surface area (Å²) >= 11 is 0. The van der Waals surface area contributed by atoms with Crippen LogP contribution in [0.3, 0.4) is 0 Å². The van der Waals surface area contributed by atoms with E-state index in [-0.39, 0.29) is 23.9 Å². The van der Waals surface area contributed by atoms with Crippen LogP contribution in [0.5, 0.6) is 0 Å². The molecule has 160 valence electrons. The molecule has 2 aromatic rings. The Morgan fingerprint density at radius 3 is 2.43 bits per heavy atom. The predicted molar refractivity (Wildman–Crippen MR) is 116 cm³/mol. The van der Waals surface area contributed by atoms with Crippen LogP contribution in [0.25, 0.3) is 0 Å². The monoisotopic (exact) mass is 411 g/mol. The number of nitrogens with one attached hydrogen (secondary N) is 1. The summed E-state index contributed by atoms with van der Waals surface area (Å²) in [5.74, 6) is -0.522. The molecule has 2 aromatic carbocycles. The molecule has 1 N–H and O–H groups in total. The van der Waals surface area contributed by atoms with Crippen molar-refractivity contribution in [3.05, 3.63) is 75.8 Å². The molecule has 1 atom stereocenters. The standard InChI is InChI=1S/C23H29N3O4/c1-3-4-15-24-23(28)18(2)25(16-14-19-10-6-5-7-11-19)22(27)17-20-12-8-9-13-21(20)26(29)30/h5-13,18H,3-4,14-17H2,1-2H3,(H,24,28)/t18-/m1/s1. The zero-order valence-corrected chi connectivity index (χ0v) is 17.5. The first-order valence-electron chi connectivity index (χ1n) is 10.3. The Bertz CT molecular complexity index is 855. The Hall–Kier alpha value is -3.22. The Kier molecular flexibility index (Phi) is 9.00. The zero-order chi connectivity index (χ0) is 21.9. The molecule has 0 aromatic heterocycles. The van der Waals surface area contributed by atoms with Gasteiger partial charge in [-0.15, -0.1) is 0 Å². The number of carbonyl (C=O) groups excluding carboxylic acids is 2. The Balaban J connectivity index is 2.17. The molecule has 0 heterocycles. The molecule has 7 nitrogen and oxygen atoms in total. The average Bonchev–Trinajstić information content (AvgIpc) is 2.74. The first-order valence-corrected chi connectivity index (χ1v) is 10.3. The number of amides is 2. The average molecular weight is 412 g/mol. The fraction of sp³-hybridized carbons (Fsp3) is 0.391. The van der Waals surface area contributed by atoms with Crippen molar-refractivity contribution in [2.45, 2.75) is 45.6 Å². The van der Waals surface area contributed by atoms with Crippen molar-refractivity contribution < 1.29 is 14.5 Å². The summed E-state index contributed by atoms with van der Waals surface area (Å²) in [6.45, 7) is 4.65. The number of unbranched alkanes of at least 4 members (excludes halogenated alkanes) is 1.